The van der Waals surface area contributed by atoms with Crippen LogP contribution in [0.3, 0.4) is 0 Å². The summed E-state index contributed by atoms with van der Waals surface area (Å²) in [5, 5.41) is 7.98. The number of nitrogens with zero attached hydrogens (tertiary/aromatic N) is 3. The number of amides is 1. The van der Waals surface area contributed by atoms with Crippen LogP contribution in [0.4, 0.5) is 5.69 Å². The minimum Gasteiger partial charge on any atom is -0.379 e. The molecule has 2 aromatic carbocycles. The van der Waals surface area contributed by atoms with Crippen LogP contribution in [0.1, 0.15) is 22.4 Å². The smallest absolute Gasteiger partial charge is 0.248 e. The lowest BCUT2D eigenvalue weighted by molar-refractivity contribution is -0.111. The number of hydrogen-bond acceptors (Lipinski definition) is 4. The molecule has 0 atom stereocenters. The van der Waals surface area contributed by atoms with E-state index in [0.717, 1.165) is 60.9 Å². The van der Waals surface area contributed by atoms with Crippen molar-refractivity contribution in [2.75, 3.05) is 31.6 Å². The molecule has 0 aliphatic carbocycles. The summed E-state index contributed by atoms with van der Waals surface area (Å²) in [6, 6.07) is 18.0. The monoisotopic (exact) mass is 450 g/mol. The number of aromatic nitrogens is 2. The first-order valence-corrected chi connectivity index (χ1v) is 11.1. The summed E-state index contributed by atoms with van der Waals surface area (Å²) < 4.78 is 7.15. The number of aryl methyl sites for hydroxylation is 1. The lowest BCUT2D eigenvalue weighted by Gasteiger charge is -2.26. The van der Waals surface area contributed by atoms with Gasteiger partial charge in [-0.3, -0.25) is 9.69 Å². The number of anilines is 1. The van der Waals surface area contributed by atoms with Gasteiger partial charge in [-0.05, 0) is 36.3 Å². The van der Waals surface area contributed by atoms with E-state index in [1.807, 2.05) is 55.5 Å². The predicted octanol–water partition coefficient (Wildman–Crippen LogP) is 4.38. The second kappa shape index (κ2) is 10.6. The number of hydrogen-bond donors (Lipinski definition) is 1. The number of carbonyl (C=O) groups is 1. The lowest BCUT2D eigenvalue weighted by atomic mass is 10.1. The number of ether oxygens (including phenoxy) is 1. The molecule has 0 radical (unpaired) electrons. The molecule has 0 bridgehead atoms. The van der Waals surface area contributed by atoms with E-state index >= 15 is 0 Å². The Balaban J connectivity index is 1.39. The molecule has 0 spiro atoms. The molecule has 1 fully saturated rings. The molecular formula is C25H27ClN4O2. The second-order valence-electron chi connectivity index (χ2n) is 7.84. The summed E-state index contributed by atoms with van der Waals surface area (Å²) in [5.74, 6) is -0.209. The molecule has 1 aromatic heterocycles. The van der Waals surface area contributed by atoms with Crippen molar-refractivity contribution < 1.29 is 9.53 Å². The molecule has 1 aliphatic rings. The molecule has 0 unspecified atom stereocenters. The Kier molecular flexibility index (Phi) is 7.37. The third kappa shape index (κ3) is 5.85. The van der Waals surface area contributed by atoms with Crippen molar-refractivity contribution >= 4 is 29.3 Å². The van der Waals surface area contributed by atoms with E-state index in [-0.39, 0.29) is 5.91 Å². The Morgan fingerprint density at radius 2 is 1.84 bits per heavy atom. The highest BCUT2D eigenvalue weighted by Crippen LogP contribution is 2.22. The minimum atomic E-state index is -0.209. The van der Waals surface area contributed by atoms with Gasteiger partial charge in [0.15, 0.2) is 0 Å². The zero-order valence-corrected chi connectivity index (χ0v) is 18.9. The highest BCUT2D eigenvalue weighted by molar-refractivity contribution is 6.31. The maximum absolute atomic E-state index is 12.5. The molecule has 7 heteroatoms. The molecule has 6 nitrogen and oxygen atoms in total. The third-order valence-electron chi connectivity index (χ3n) is 5.39. The number of rotatable bonds is 7. The molecule has 4 rings (SSSR count). The summed E-state index contributed by atoms with van der Waals surface area (Å²) >= 11 is 6.54. The zero-order chi connectivity index (χ0) is 22.3. The van der Waals surface area contributed by atoms with Gasteiger partial charge < -0.3 is 10.1 Å². The topological polar surface area (TPSA) is 59.4 Å². The van der Waals surface area contributed by atoms with E-state index < -0.39 is 0 Å². The Morgan fingerprint density at radius 1 is 1.09 bits per heavy atom. The summed E-state index contributed by atoms with van der Waals surface area (Å²) in [7, 11) is 0. The van der Waals surface area contributed by atoms with Gasteiger partial charge in [0.2, 0.25) is 5.91 Å². The average Bonchev–Trinajstić information content (AvgIpc) is 3.06. The molecule has 1 saturated heterocycles. The van der Waals surface area contributed by atoms with Crippen LogP contribution in [0.15, 0.2) is 60.7 Å². The SMILES string of the molecule is Cc1nn(Cc2ccccc2)c(Cl)c1/C=C/C(=O)Nc1cccc(CN2CCOCC2)c1. The largest absolute Gasteiger partial charge is 0.379 e. The van der Waals surface area contributed by atoms with Crippen molar-refractivity contribution in [1.82, 2.24) is 14.7 Å². The van der Waals surface area contributed by atoms with Crippen LogP contribution in [0, 0.1) is 6.92 Å². The third-order valence-corrected chi connectivity index (χ3v) is 5.79. The van der Waals surface area contributed by atoms with Crippen molar-refractivity contribution in [3.63, 3.8) is 0 Å². The van der Waals surface area contributed by atoms with E-state index in [1.54, 1.807) is 10.8 Å². The molecule has 166 valence electrons. The quantitative estimate of drug-likeness (QED) is 0.543. The van der Waals surface area contributed by atoms with Crippen LogP contribution in [-0.4, -0.2) is 46.9 Å². The second-order valence-corrected chi connectivity index (χ2v) is 8.20. The van der Waals surface area contributed by atoms with Crippen molar-refractivity contribution in [2.45, 2.75) is 20.0 Å². The number of halogens is 1. The van der Waals surface area contributed by atoms with Gasteiger partial charge in [0.1, 0.15) is 5.15 Å². The van der Waals surface area contributed by atoms with Crippen LogP contribution < -0.4 is 5.32 Å². The first kappa shape index (κ1) is 22.3. The van der Waals surface area contributed by atoms with Gasteiger partial charge in [0.25, 0.3) is 0 Å². The fourth-order valence-electron chi connectivity index (χ4n) is 3.73. The van der Waals surface area contributed by atoms with Gasteiger partial charge in [-0.1, -0.05) is 54.1 Å². The highest BCUT2D eigenvalue weighted by atomic mass is 35.5. The molecule has 2 heterocycles. The normalized spacial score (nSPS) is 14.7. The van der Waals surface area contributed by atoms with Crippen molar-refractivity contribution in [3.05, 3.63) is 88.2 Å². The molecule has 3 aromatic rings. The van der Waals surface area contributed by atoms with Gasteiger partial charge in [-0.15, -0.1) is 0 Å². The first-order valence-electron chi connectivity index (χ1n) is 10.7. The summed E-state index contributed by atoms with van der Waals surface area (Å²) in [5.41, 5.74) is 4.58. The fraction of sp³-hybridized carbons (Fsp3) is 0.280. The fourth-order valence-corrected chi connectivity index (χ4v) is 4.02. The van der Waals surface area contributed by atoms with Gasteiger partial charge in [-0.25, -0.2) is 4.68 Å². The number of morpholine rings is 1. The first-order chi connectivity index (χ1) is 15.6. The summed E-state index contributed by atoms with van der Waals surface area (Å²) in [6.45, 7) is 6.71. The number of nitrogens with one attached hydrogen (secondary N) is 1. The Hall–Kier alpha value is -2.93. The maximum atomic E-state index is 12.5. The highest BCUT2D eigenvalue weighted by Gasteiger charge is 2.13. The lowest BCUT2D eigenvalue weighted by Crippen LogP contribution is -2.35. The molecule has 1 N–H and O–H groups in total. The van der Waals surface area contributed by atoms with Crippen LogP contribution in [0.2, 0.25) is 5.15 Å². The Bertz CT molecular complexity index is 1090. The van der Waals surface area contributed by atoms with Crippen LogP contribution in [-0.2, 0) is 22.6 Å². The van der Waals surface area contributed by atoms with Crippen molar-refractivity contribution in [1.29, 1.82) is 0 Å². The van der Waals surface area contributed by atoms with Gasteiger partial charge in [0, 0.05) is 37.0 Å². The van der Waals surface area contributed by atoms with Gasteiger partial charge in [0.05, 0.1) is 25.5 Å². The van der Waals surface area contributed by atoms with Crippen LogP contribution in [0.5, 0.6) is 0 Å². The van der Waals surface area contributed by atoms with Gasteiger partial charge >= 0.3 is 0 Å². The Labute approximate surface area is 193 Å². The van der Waals surface area contributed by atoms with E-state index in [9.17, 15) is 4.79 Å². The number of benzene rings is 2. The van der Waals surface area contributed by atoms with Crippen molar-refractivity contribution in [2.24, 2.45) is 0 Å². The van der Waals surface area contributed by atoms with Crippen LogP contribution in [0.25, 0.3) is 6.08 Å². The average molecular weight is 451 g/mol. The molecule has 1 aliphatic heterocycles. The van der Waals surface area contributed by atoms with E-state index in [4.69, 9.17) is 16.3 Å². The molecule has 32 heavy (non-hydrogen) atoms. The van der Waals surface area contributed by atoms with Crippen LogP contribution >= 0.6 is 11.6 Å². The van der Waals surface area contributed by atoms with Crippen molar-refractivity contribution in [3.8, 4) is 0 Å². The Morgan fingerprint density at radius 3 is 2.62 bits per heavy atom. The summed E-state index contributed by atoms with van der Waals surface area (Å²) in [6.07, 6.45) is 3.22. The van der Waals surface area contributed by atoms with E-state index in [0.29, 0.717) is 11.7 Å². The van der Waals surface area contributed by atoms with E-state index in [2.05, 4.69) is 21.4 Å². The number of carbonyl (C=O) groups excluding carboxylic acids is 1. The summed E-state index contributed by atoms with van der Waals surface area (Å²) in [4.78, 5) is 14.9. The minimum absolute atomic E-state index is 0.209. The molecular weight excluding hydrogens is 424 g/mol. The zero-order valence-electron chi connectivity index (χ0n) is 18.1. The standard InChI is InChI=1S/C25H27ClN4O2/c1-19-23(25(26)30(28-19)18-20-6-3-2-4-7-20)10-11-24(31)27-22-9-5-8-21(16-22)17-29-12-14-32-15-13-29/h2-11,16H,12-15,17-18H2,1H3,(H,27,31)/b11-10+. The molecule has 0 saturated carbocycles. The van der Waals surface area contributed by atoms with Gasteiger partial charge in [-0.2, -0.15) is 5.10 Å². The van der Waals surface area contributed by atoms with E-state index in [1.165, 1.54) is 6.08 Å². The maximum Gasteiger partial charge on any atom is 0.248 e. The predicted molar refractivity (Wildman–Crippen MR) is 128 cm³/mol. The molecule has 1 amide bonds.